The molecule has 0 atom stereocenters. The van der Waals surface area contributed by atoms with Crippen LogP contribution in [0, 0.1) is 6.92 Å². The Bertz CT molecular complexity index is 1160. The molecule has 5 nitrogen and oxygen atoms in total. The first-order chi connectivity index (χ1) is 14.2. The summed E-state index contributed by atoms with van der Waals surface area (Å²) in [6.45, 7) is 3.11. The van der Waals surface area contributed by atoms with Gasteiger partial charge >= 0.3 is 0 Å². The number of benzene rings is 3. The normalized spacial score (nSPS) is 10.8. The molecular weight excluding hydrogens is 362 g/mol. The quantitative estimate of drug-likeness (QED) is 0.537. The van der Waals surface area contributed by atoms with Crippen LogP contribution in [-0.4, -0.2) is 22.6 Å². The second-order valence-electron chi connectivity index (χ2n) is 6.97. The van der Waals surface area contributed by atoms with Gasteiger partial charge in [-0.3, -0.25) is 4.79 Å². The van der Waals surface area contributed by atoms with Gasteiger partial charge in [-0.1, -0.05) is 54.1 Å². The van der Waals surface area contributed by atoms with Gasteiger partial charge in [0, 0.05) is 6.54 Å². The Morgan fingerprint density at radius 1 is 1.03 bits per heavy atom. The van der Waals surface area contributed by atoms with Crippen LogP contribution in [-0.2, 0) is 13.1 Å². The molecule has 0 fully saturated rings. The summed E-state index contributed by atoms with van der Waals surface area (Å²) in [6, 6.07) is 23.7. The number of imidazole rings is 1. The van der Waals surface area contributed by atoms with Crippen molar-refractivity contribution in [3.05, 3.63) is 95.3 Å². The zero-order valence-corrected chi connectivity index (χ0v) is 16.6. The molecule has 0 saturated heterocycles. The van der Waals surface area contributed by atoms with E-state index in [1.807, 2.05) is 30.3 Å². The first kappa shape index (κ1) is 18.7. The molecule has 0 spiro atoms. The maximum Gasteiger partial charge on any atom is 0.255 e. The minimum Gasteiger partial charge on any atom is -0.496 e. The Kier molecular flexibility index (Phi) is 5.29. The summed E-state index contributed by atoms with van der Waals surface area (Å²) in [7, 11) is 1.56. The van der Waals surface area contributed by atoms with Gasteiger partial charge in [-0.15, -0.1) is 0 Å². The van der Waals surface area contributed by atoms with Crippen molar-refractivity contribution < 1.29 is 9.53 Å². The summed E-state index contributed by atoms with van der Waals surface area (Å²) < 4.78 is 7.46. The number of ether oxygens (including phenoxy) is 1. The Morgan fingerprint density at radius 3 is 2.66 bits per heavy atom. The van der Waals surface area contributed by atoms with Crippen molar-refractivity contribution in [1.29, 1.82) is 0 Å². The van der Waals surface area contributed by atoms with Gasteiger partial charge in [0.05, 0.1) is 30.3 Å². The molecule has 0 aliphatic heterocycles. The molecule has 0 radical (unpaired) electrons. The average Bonchev–Trinajstić information content (AvgIpc) is 3.09. The molecular formula is C24H23N3O2. The van der Waals surface area contributed by atoms with Gasteiger partial charge < -0.3 is 14.6 Å². The molecule has 0 bridgehead atoms. The van der Waals surface area contributed by atoms with Gasteiger partial charge in [0.2, 0.25) is 0 Å². The largest absolute Gasteiger partial charge is 0.496 e. The summed E-state index contributed by atoms with van der Waals surface area (Å²) in [5, 5.41) is 2.99. The molecule has 1 heterocycles. The third kappa shape index (κ3) is 3.99. The number of para-hydroxylation sites is 3. The number of aryl methyl sites for hydroxylation is 1. The van der Waals surface area contributed by atoms with Crippen molar-refractivity contribution in [2.24, 2.45) is 0 Å². The fourth-order valence-corrected chi connectivity index (χ4v) is 3.52. The van der Waals surface area contributed by atoms with Crippen LogP contribution in [0.1, 0.15) is 27.3 Å². The lowest BCUT2D eigenvalue weighted by Gasteiger charge is -2.12. The third-order valence-corrected chi connectivity index (χ3v) is 4.92. The van der Waals surface area contributed by atoms with Crippen molar-refractivity contribution in [3.8, 4) is 5.75 Å². The van der Waals surface area contributed by atoms with Crippen LogP contribution in [0.15, 0.2) is 72.8 Å². The van der Waals surface area contributed by atoms with Gasteiger partial charge in [0.1, 0.15) is 11.6 Å². The Labute approximate surface area is 170 Å². The topological polar surface area (TPSA) is 56.1 Å². The molecule has 0 unspecified atom stereocenters. The van der Waals surface area contributed by atoms with Crippen LogP contribution in [0.25, 0.3) is 11.0 Å². The molecule has 0 aliphatic rings. The van der Waals surface area contributed by atoms with Gasteiger partial charge in [-0.2, -0.15) is 0 Å². The highest BCUT2D eigenvalue weighted by atomic mass is 16.5. The number of methoxy groups -OCH3 is 1. The predicted octanol–water partition coefficient (Wildman–Crippen LogP) is 4.33. The van der Waals surface area contributed by atoms with Crippen molar-refractivity contribution >= 4 is 16.9 Å². The van der Waals surface area contributed by atoms with E-state index in [4.69, 9.17) is 9.72 Å². The van der Waals surface area contributed by atoms with E-state index in [0.29, 0.717) is 24.4 Å². The molecule has 3 aromatic carbocycles. The number of nitrogens with zero attached hydrogens (tertiary/aromatic N) is 2. The lowest BCUT2D eigenvalue weighted by molar-refractivity contribution is 0.0946. The number of amides is 1. The van der Waals surface area contributed by atoms with Crippen molar-refractivity contribution in [2.75, 3.05) is 7.11 Å². The van der Waals surface area contributed by atoms with Crippen LogP contribution in [0.5, 0.6) is 5.75 Å². The Hall–Kier alpha value is -3.60. The number of nitrogens with one attached hydrogen (secondary N) is 1. The number of hydrogen-bond donors (Lipinski definition) is 1. The predicted molar refractivity (Wildman–Crippen MR) is 114 cm³/mol. The van der Waals surface area contributed by atoms with Crippen LogP contribution in [0.3, 0.4) is 0 Å². The van der Waals surface area contributed by atoms with Gasteiger partial charge in [0.15, 0.2) is 0 Å². The molecule has 0 saturated carbocycles. The monoisotopic (exact) mass is 385 g/mol. The summed E-state index contributed by atoms with van der Waals surface area (Å²) >= 11 is 0. The lowest BCUT2D eigenvalue weighted by Crippen LogP contribution is -2.25. The highest BCUT2D eigenvalue weighted by Gasteiger charge is 2.15. The minimum atomic E-state index is -0.184. The van der Waals surface area contributed by atoms with Crippen LogP contribution in [0.4, 0.5) is 0 Å². The average molecular weight is 385 g/mol. The van der Waals surface area contributed by atoms with E-state index in [0.717, 1.165) is 16.9 Å². The van der Waals surface area contributed by atoms with E-state index < -0.39 is 0 Å². The first-order valence-electron chi connectivity index (χ1n) is 9.56. The van der Waals surface area contributed by atoms with Crippen LogP contribution >= 0.6 is 0 Å². The molecule has 1 aromatic heterocycles. The lowest BCUT2D eigenvalue weighted by atomic mass is 10.1. The maximum atomic E-state index is 12.7. The fraction of sp³-hybridized carbons (Fsp3) is 0.167. The third-order valence-electron chi connectivity index (χ3n) is 4.92. The standard InChI is InChI=1S/C24H23N3O2/c1-17-8-7-9-18(14-17)16-27-21-12-5-4-11-20(21)26-23(27)15-25-24(28)19-10-3-6-13-22(19)29-2/h3-14H,15-16H2,1-2H3,(H,25,28). The fourth-order valence-electron chi connectivity index (χ4n) is 3.52. The maximum absolute atomic E-state index is 12.7. The molecule has 146 valence electrons. The molecule has 29 heavy (non-hydrogen) atoms. The Morgan fingerprint density at radius 2 is 1.83 bits per heavy atom. The van der Waals surface area contributed by atoms with Crippen molar-refractivity contribution in [2.45, 2.75) is 20.0 Å². The van der Waals surface area contributed by atoms with E-state index in [2.05, 4.69) is 47.1 Å². The number of carbonyl (C=O) groups excluding carboxylic acids is 1. The molecule has 1 amide bonds. The Balaban J connectivity index is 1.62. The molecule has 4 aromatic rings. The highest BCUT2D eigenvalue weighted by molar-refractivity contribution is 5.96. The number of aromatic nitrogens is 2. The summed E-state index contributed by atoms with van der Waals surface area (Å²) in [5.74, 6) is 1.19. The number of fused-ring (bicyclic) bond motifs is 1. The van der Waals surface area contributed by atoms with Crippen LogP contribution < -0.4 is 10.1 Å². The van der Waals surface area contributed by atoms with E-state index in [1.165, 1.54) is 11.1 Å². The minimum absolute atomic E-state index is 0.184. The van der Waals surface area contributed by atoms with Gasteiger partial charge in [-0.05, 0) is 36.8 Å². The smallest absolute Gasteiger partial charge is 0.255 e. The second-order valence-corrected chi connectivity index (χ2v) is 6.97. The van der Waals surface area contributed by atoms with E-state index in [9.17, 15) is 4.79 Å². The van der Waals surface area contributed by atoms with Crippen LogP contribution in [0.2, 0.25) is 0 Å². The zero-order valence-electron chi connectivity index (χ0n) is 16.6. The zero-order chi connectivity index (χ0) is 20.2. The second kappa shape index (κ2) is 8.19. The first-order valence-corrected chi connectivity index (χ1v) is 9.56. The van der Waals surface area contributed by atoms with Gasteiger partial charge in [-0.25, -0.2) is 4.98 Å². The van der Waals surface area contributed by atoms with E-state index in [-0.39, 0.29) is 5.91 Å². The SMILES string of the molecule is COc1ccccc1C(=O)NCc1nc2ccccc2n1Cc1cccc(C)c1. The van der Waals surface area contributed by atoms with E-state index in [1.54, 1.807) is 19.2 Å². The van der Waals surface area contributed by atoms with Crippen molar-refractivity contribution in [3.63, 3.8) is 0 Å². The van der Waals surface area contributed by atoms with Crippen molar-refractivity contribution in [1.82, 2.24) is 14.9 Å². The number of hydrogen-bond acceptors (Lipinski definition) is 3. The molecule has 5 heteroatoms. The summed E-state index contributed by atoms with van der Waals surface area (Å²) in [5.41, 5.74) is 4.90. The van der Waals surface area contributed by atoms with E-state index >= 15 is 0 Å². The highest BCUT2D eigenvalue weighted by Crippen LogP contribution is 2.20. The molecule has 0 aliphatic carbocycles. The number of carbonyl (C=O) groups is 1. The molecule has 1 N–H and O–H groups in total. The van der Waals surface area contributed by atoms with Gasteiger partial charge in [0.25, 0.3) is 5.91 Å². The molecule has 4 rings (SSSR count). The summed E-state index contributed by atoms with van der Waals surface area (Å²) in [6.07, 6.45) is 0. The number of rotatable bonds is 6. The summed E-state index contributed by atoms with van der Waals surface area (Å²) in [4.78, 5) is 17.5.